The van der Waals surface area contributed by atoms with Gasteiger partial charge in [-0.3, -0.25) is 14.5 Å². The van der Waals surface area contributed by atoms with Gasteiger partial charge in [0.1, 0.15) is 0 Å². The quantitative estimate of drug-likeness (QED) is 0.421. The van der Waals surface area contributed by atoms with Gasteiger partial charge in [0.05, 0.1) is 18.7 Å². The molecule has 4 amide bonds. The highest BCUT2D eigenvalue weighted by atomic mass is 16.6. The molecule has 3 fully saturated rings. The number of morpholine rings is 1. The molecule has 0 spiro atoms. The van der Waals surface area contributed by atoms with Gasteiger partial charge >= 0.3 is 12.1 Å². The summed E-state index contributed by atoms with van der Waals surface area (Å²) in [7, 11) is 1.76. The van der Waals surface area contributed by atoms with E-state index < -0.39 is 12.2 Å². The fraction of sp³-hybridized carbons (Fsp3) is 0.526. The van der Waals surface area contributed by atoms with E-state index in [2.05, 4.69) is 10.2 Å². The molecule has 1 N–H and O–H groups in total. The first kappa shape index (κ1) is 34.0. The summed E-state index contributed by atoms with van der Waals surface area (Å²) in [5.41, 5.74) is 4.53. The molecule has 0 saturated carbocycles. The predicted molar refractivity (Wildman–Crippen MR) is 190 cm³/mol. The van der Waals surface area contributed by atoms with E-state index in [1.54, 1.807) is 28.6 Å². The van der Waals surface area contributed by atoms with Crippen molar-refractivity contribution in [1.29, 1.82) is 0 Å². The number of aromatic nitrogens is 1. The number of aryl methyl sites for hydroxylation is 2. The van der Waals surface area contributed by atoms with E-state index in [4.69, 9.17) is 9.47 Å². The van der Waals surface area contributed by atoms with Crippen molar-refractivity contribution in [2.45, 2.75) is 63.6 Å². The third kappa shape index (κ3) is 7.22. The molecule has 0 unspecified atom stereocenters. The van der Waals surface area contributed by atoms with E-state index in [1.165, 1.54) is 0 Å². The van der Waals surface area contributed by atoms with Crippen molar-refractivity contribution >= 4 is 34.6 Å². The van der Waals surface area contributed by atoms with Crippen molar-refractivity contribution in [1.82, 2.24) is 24.2 Å². The van der Waals surface area contributed by atoms with Gasteiger partial charge in [0.25, 0.3) is 11.5 Å². The van der Waals surface area contributed by atoms with E-state index in [9.17, 15) is 19.2 Å². The molecule has 0 radical (unpaired) electrons. The number of pyridine rings is 1. The number of hydrogen-bond acceptors (Lipinski definition) is 7. The molecule has 3 saturated heterocycles. The lowest BCUT2D eigenvalue weighted by atomic mass is 9.99. The smallest absolute Gasteiger partial charge is 0.410 e. The molecular formula is C38H48N6O6. The van der Waals surface area contributed by atoms with Crippen LogP contribution in [-0.2, 0) is 34.2 Å². The summed E-state index contributed by atoms with van der Waals surface area (Å²) >= 11 is 0. The van der Waals surface area contributed by atoms with E-state index >= 15 is 0 Å². The average molecular weight is 685 g/mol. The number of likely N-dealkylation sites (tertiary alicyclic amines) is 2. The number of rotatable bonds is 6. The first-order chi connectivity index (χ1) is 24.2. The number of piperidine rings is 2. The van der Waals surface area contributed by atoms with Crippen molar-refractivity contribution < 1.29 is 23.9 Å². The summed E-state index contributed by atoms with van der Waals surface area (Å²) < 4.78 is 13.3. The Morgan fingerprint density at radius 1 is 0.880 bits per heavy atom. The second kappa shape index (κ2) is 14.8. The molecule has 3 aromatic rings. The largest absolute Gasteiger partial charge is 0.436 e. The number of para-hydroxylation sites is 1. The summed E-state index contributed by atoms with van der Waals surface area (Å²) in [6.45, 7) is 8.00. The Kier molecular flexibility index (Phi) is 10.1. The van der Waals surface area contributed by atoms with E-state index in [1.807, 2.05) is 53.1 Å². The van der Waals surface area contributed by atoms with Crippen LogP contribution in [0, 0.1) is 6.92 Å². The fourth-order valence-corrected chi connectivity index (χ4v) is 8.26. The number of ether oxygens (including phenoxy) is 2. The SMILES string of the molecule is Cc1cc(C[C@@H](OC(=O)N2CCC(N3CCc4ccccc4NC3=O)CC2)C(=O)N2CCC(N3CCOCC3)CC2)cc2ccc(=O)n(C)c12. The number of carbonyl (C=O) groups excluding carboxylic acids is 3. The Balaban J connectivity index is 1.03. The molecule has 7 rings (SSSR count). The van der Waals surface area contributed by atoms with Crippen LogP contribution in [0.1, 0.15) is 42.4 Å². The minimum Gasteiger partial charge on any atom is -0.436 e. The molecule has 4 aliphatic heterocycles. The van der Waals surface area contributed by atoms with Gasteiger partial charge in [-0.25, -0.2) is 9.59 Å². The van der Waals surface area contributed by atoms with Gasteiger partial charge in [0.15, 0.2) is 6.10 Å². The zero-order chi connectivity index (χ0) is 34.8. The van der Waals surface area contributed by atoms with E-state index in [0.717, 1.165) is 78.8 Å². The monoisotopic (exact) mass is 684 g/mol. The highest BCUT2D eigenvalue weighted by Gasteiger charge is 2.36. The lowest BCUT2D eigenvalue weighted by Crippen LogP contribution is -2.53. The molecular weight excluding hydrogens is 636 g/mol. The summed E-state index contributed by atoms with van der Waals surface area (Å²) in [5.74, 6) is -0.173. The highest BCUT2D eigenvalue weighted by Crippen LogP contribution is 2.27. The maximum atomic E-state index is 14.2. The average Bonchev–Trinajstić information content (AvgIpc) is 3.31. The molecule has 1 aromatic heterocycles. The van der Waals surface area contributed by atoms with Gasteiger partial charge in [-0.2, -0.15) is 0 Å². The summed E-state index contributed by atoms with van der Waals surface area (Å²) in [5, 5.41) is 3.95. The number of hydrogen-bond donors (Lipinski definition) is 1. The van der Waals surface area contributed by atoms with Crippen LogP contribution in [0.4, 0.5) is 15.3 Å². The molecule has 5 heterocycles. The third-order valence-electron chi connectivity index (χ3n) is 11.0. The molecule has 266 valence electrons. The minimum absolute atomic E-state index is 0.00934. The van der Waals surface area contributed by atoms with Crippen LogP contribution in [0.5, 0.6) is 0 Å². The molecule has 50 heavy (non-hydrogen) atoms. The fourth-order valence-electron chi connectivity index (χ4n) is 8.26. The first-order valence-electron chi connectivity index (χ1n) is 18.1. The lowest BCUT2D eigenvalue weighted by Gasteiger charge is -2.41. The number of nitrogens with zero attached hydrogens (tertiary/aromatic N) is 5. The summed E-state index contributed by atoms with van der Waals surface area (Å²) in [4.78, 5) is 61.2. The molecule has 2 aromatic carbocycles. The topological polar surface area (TPSA) is 117 Å². The van der Waals surface area contributed by atoms with Crippen LogP contribution in [0.3, 0.4) is 0 Å². The number of benzene rings is 2. The maximum absolute atomic E-state index is 14.2. The second-order valence-corrected chi connectivity index (χ2v) is 14.1. The zero-order valence-electron chi connectivity index (χ0n) is 29.1. The standard InChI is InChI=1S/C38H48N6O6/c1-26-23-27(24-29-7-8-34(45)40(2)35(26)29)25-33(36(46)42-14-10-30(11-15-42)41-19-21-49-22-20-41)50-38(48)43-16-12-31(13-17-43)44-18-9-28-5-3-4-6-32(28)39-37(44)47/h3-8,23-24,30-31,33H,9-22,25H2,1-2H3,(H,39,47)/t33-/m1/s1. The van der Waals surface area contributed by atoms with Crippen LogP contribution in [0.2, 0.25) is 0 Å². The molecule has 1 atom stereocenters. The molecule has 0 bridgehead atoms. The van der Waals surface area contributed by atoms with Gasteiger partial charge in [-0.05, 0) is 79.3 Å². The van der Waals surface area contributed by atoms with E-state index in [0.29, 0.717) is 51.6 Å². The Labute approximate surface area is 292 Å². The van der Waals surface area contributed by atoms with Crippen LogP contribution in [0.15, 0.2) is 53.3 Å². The van der Waals surface area contributed by atoms with Crippen molar-refractivity contribution in [3.8, 4) is 0 Å². The number of amides is 4. The van der Waals surface area contributed by atoms with Gasteiger partial charge in [-0.1, -0.05) is 24.3 Å². The molecule has 12 nitrogen and oxygen atoms in total. The number of fused-ring (bicyclic) bond motifs is 2. The Bertz CT molecular complexity index is 1790. The van der Waals surface area contributed by atoms with Crippen LogP contribution in [0.25, 0.3) is 10.9 Å². The maximum Gasteiger partial charge on any atom is 0.410 e. The Morgan fingerprint density at radius 2 is 1.58 bits per heavy atom. The number of carbonyl (C=O) groups is 3. The summed E-state index contributed by atoms with van der Waals surface area (Å²) in [6.07, 6.45) is 2.53. The van der Waals surface area contributed by atoms with Gasteiger partial charge < -0.3 is 34.1 Å². The lowest BCUT2D eigenvalue weighted by molar-refractivity contribution is -0.142. The summed E-state index contributed by atoms with van der Waals surface area (Å²) in [6, 6.07) is 15.5. The highest BCUT2D eigenvalue weighted by molar-refractivity contribution is 5.91. The van der Waals surface area contributed by atoms with Crippen molar-refractivity contribution in [3.05, 3.63) is 75.6 Å². The normalized spacial score (nSPS) is 20.3. The van der Waals surface area contributed by atoms with Crippen LogP contribution < -0.4 is 10.9 Å². The number of nitrogens with one attached hydrogen (secondary N) is 1. The molecule has 4 aliphatic rings. The van der Waals surface area contributed by atoms with Crippen molar-refractivity contribution in [2.24, 2.45) is 7.05 Å². The third-order valence-corrected chi connectivity index (χ3v) is 11.0. The number of urea groups is 1. The van der Waals surface area contributed by atoms with Crippen LogP contribution >= 0.6 is 0 Å². The van der Waals surface area contributed by atoms with Crippen molar-refractivity contribution in [2.75, 3.05) is 64.3 Å². The van der Waals surface area contributed by atoms with Gasteiger partial charge in [-0.15, -0.1) is 0 Å². The van der Waals surface area contributed by atoms with Gasteiger partial charge in [0, 0.05) is 83.1 Å². The predicted octanol–water partition coefficient (Wildman–Crippen LogP) is 3.77. The molecule has 0 aliphatic carbocycles. The van der Waals surface area contributed by atoms with Gasteiger partial charge in [0.2, 0.25) is 0 Å². The number of anilines is 1. The minimum atomic E-state index is -0.987. The Morgan fingerprint density at radius 3 is 2.34 bits per heavy atom. The zero-order valence-corrected chi connectivity index (χ0v) is 29.1. The Hall–Kier alpha value is -4.42. The molecule has 12 heteroatoms. The van der Waals surface area contributed by atoms with Crippen molar-refractivity contribution in [3.63, 3.8) is 0 Å². The van der Waals surface area contributed by atoms with E-state index in [-0.39, 0.29) is 30.0 Å². The first-order valence-corrected chi connectivity index (χ1v) is 18.1. The second-order valence-electron chi connectivity index (χ2n) is 14.1. The van der Waals surface area contributed by atoms with Crippen LogP contribution in [-0.4, -0.2) is 119 Å².